The van der Waals surface area contributed by atoms with Gasteiger partial charge in [0, 0.05) is 0 Å². The molecule has 0 aliphatic carbocycles. The van der Waals surface area contributed by atoms with Gasteiger partial charge >= 0.3 is 0 Å². The third-order valence-corrected chi connectivity index (χ3v) is 6.92. The van der Waals surface area contributed by atoms with Gasteiger partial charge in [-0.15, -0.1) is 21.6 Å². The Balaban J connectivity index is 0. The van der Waals surface area contributed by atoms with Crippen LogP contribution < -0.4 is 0 Å². The van der Waals surface area contributed by atoms with Gasteiger partial charge in [-0.3, -0.25) is 0 Å². The lowest BCUT2D eigenvalue weighted by molar-refractivity contribution is 0.274. The largest absolute Gasteiger partial charge is 0.147 e. The standard InChI is InChI=1S/C23H49P.ClH/c1-5-9-13-14-15-16-17-19-22(18-10-6-2)23(24,20-11-7-3)21-12-8-4;/h22H,5-21,24H2,1-4H3;1H. The maximum Gasteiger partial charge on any atom is -0.0122 e. The maximum absolute atomic E-state index is 3.37. The highest BCUT2D eigenvalue weighted by molar-refractivity contribution is 7.19. The van der Waals surface area contributed by atoms with Crippen molar-refractivity contribution in [3.63, 3.8) is 0 Å². The molecule has 0 heterocycles. The molecule has 2 heteroatoms. The number of hydrogen-bond donors (Lipinski definition) is 0. The molecule has 0 aromatic heterocycles. The Morgan fingerprint density at radius 2 is 0.960 bits per heavy atom. The van der Waals surface area contributed by atoms with E-state index < -0.39 is 0 Å². The van der Waals surface area contributed by atoms with Crippen molar-refractivity contribution in [3.8, 4) is 0 Å². The molecule has 0 amide bonds. The Labute approximate surface area is 169 Å². The van der Waals surface area contributed by atoms with Crippen LogP contribution in [0.3, 0.4) is 0 Å². The highest BCUT2D eigenvalue weighted by Gasteiger charge is 2.32. The third kappa shape index (κ3) is 14.4. The molecule has 0 saturated carbocycles. The maximum atomic E-state index is 3.37. The van der Waals surface area contributed by atoms with E-state index >= 15 is 0 Å². The zero-order chi connectivity index (χ0) is 18.1. The minimum Gasteiger partial charge on any atom is -0.147 e. The highest BCUT2D eigenvalue weighted by atomic mass is 35.5. The van der Waals surface area contributed by atoms with Crippen LogP contribution in [0.4, 0.5) is 0 Å². The molecule has 0 fully saturated rings. The van der Waals surface area contributed by atoms with E-state index in [-0.39, 0.29) is 12.4 Å². The summed E-state index contributed by atoms with van der Waals surface area (Å²) in [5.74, 6) is 0.941. The van der Waals surface area contributed by atoms with E-state index in [1.165, 1.54) is 109 Å². The van der Waals surface area contributed by atoms with Gasteiger partial charge in [0.25, 0.3) is 0 Å². The van der Waals surface area contributed by atoms with E-state index in [2.05, 4.69) is 36.9 Å². The van der Waals surface area contributed by atoms with Gasteiger partial charge < -0.3 is 0 Å². The van der Waals surface area contributed by atoms with Gasteiger partial charge in [0.2, 0.25) is 0 Å². The summed E-state index contributed by atoms with van der Waals surface area (Å²) < 4.78 is 0. The van der Waals surface area contributed by atoms with E-state index in [4.69, 9.17) is 0 Å². The second-order valence-electron chi connectivity index (χ2n) is 8.19. The molecule has 0 aliphatic rings. The lowest BCUT2D eigenvalue weighted by atomic mass is 9.77. The zero-order valence-electron chi connectivity index (χ0n) is 18.1. The van der Waals surface area contributed by atoms with Crippen LogP contribution in [0.1, 0.15) is 137 Å². The topological polar surface area (TPSA) is 0 Å². The quantitative estimate of drug-likeness (QED) is 0.161. The van der Waals surface area contributed by atoms with Gasteiger partial charge in [0.05, 0.1) is 0 Å². The van der Waals surface area contributed by atoms with E-state index in [1.54, 1.807) is 0 Å². The fourth-order valence-corrected chi connectivity index (χ4v) is 4.80. The van der Waals surface area contributed by atoms with Crippen molar-refractivity contribution < 1.29 is 0 Å². The Morgan fingerprint density at radius 1 is 0.560 bits per heavy atom. The van der Waals surface area contributed by atoms with Gasteiger partial charge in [-0.25, -0.2) is 0 Å². The average Bonchev–Trinajstić information content (AvgIpc) is 2.59. The van der Waals surface area contributed by atoms with Gasteiger partial charge in [-0.2, -0.15) is 0 Å². The minimum atomic E-state index is 0. The first kappa shape index (κ1) is 27.9. The molecule has 0 saturated heterocycles. The fraction of sp³-hybridized carbons (Fsp3) is 1.00. The molecule has 2 unspecified atom stereocenters. The van der Waals surface area contributed by atoms with Crippen molar-refractivity contribution in [3.05, 3.63) is 0 Å². The molecule has 0 N–H and O–H groups in total. The van der Waals surface area contributed by atoms with Crippen LogP contribution in [0, 0.1) is 5.92 Å². The van der Waals surface area contributed by atoms with E-state index in [0.717, 1.165) is 5.92 Å². The zero-order valence-corrected chi connectivity index (χ0v) is 20.1. The van der Waals surface area contributed by atoms with Crippen molar-refractivity contribution in [2.45, 2.75) is 142 Å². The summed E-state index contributed by atoms with van der Waals surface area (Å²) >= 11 is 0. The Bertz CT molecular complexity index is 246. The summed E-state index contributed by atoms with van der Waals surface area (Å²) in [5, 5.41) is 0.531. The Kier molecular flexibility index (Phi) is 21.8. The van der Waals surface area contributed by atoms with Crippen LogP contribution in [-0.4, -0.2) is 5.16 Å². The Morgan fingerprint density at radius 3 is 1.44 bits per heavy atom. The van der Waals surface area contributed by atoms with Gasteiger partial charge in [-0.05, 0) is 36.8 Å². The SMILES string of the molecule is CCCCCCCCCC(CCCC)C(P)(CCCC)CCCC.Cl. The van der Waals surface area contributed by atoms with Crippen molar-refractivity contribution in [2.75, 3.05) is 0 Å². The van der Waals surface area contributed by atoms with Gasteiger partial charge in [0.1, 0.15) is 0 Å². The van der Waals surface area contributed by atoms with Crippen LogP contribution in [0.2, 0.25) is 0 Å². The first-order valence-corrected chi connectivity index (χ1v) is 12.0. The van der Waals surface area contributed by atoms with Crippen LogP contribution >= 0.6 is 21.6 Å². The summed E-state index contributed by atoms with van der Waals surface area (Å²) in [6.07, 6.45) is 24.2. The predicted molar refractivity (Wildman–Crippen MR) is 124 cm³/mol. The number of halogens is 1. The molecule has 25 heavy (non-hydrogen) atoms. The van der Waals surface area contributed by atoms with Crippen LogP contribution in [0.25, 0.3) is 0 Å². The molecule has 0 bridgehead atoms. The molecular formula is C23H50ClP. The fourth-order valence-electron chi connectivity index (χ4n) is 4.06. The second kappa shape index (κ2) is 19.5. The first-order valence-electron chi connectivity index (χ1n) is 11.4. The second-order valence-corrected chi connectivity index (χ2v) is 9.34. The van der Waals surface area contributed by atoms with Crippen molar-refractivity contribution >= 4 is 21.6 Å². The molecule has 0 aliphatic heterocycles. The molecule has 154 valence electrons. The van der Waals surface area contributed by atoms with Gasteiger partial charge in [0.15, 0.2) is 0 Å². The third-order valence-electron chi connectivity index (χ3n) is 5.87. The smallest absolute Gasteiger partial charge is 0.0122 e. The lowest BCUT2D eigenvalue weighted by Gasteiger charge is -2.39. The van der Waals surface area contributed by atoms with E-state index in [9.17, 15) is 0 Å². The molecule has 0 spiro atoms. The molecular weight excluding hydrogens is 343 g/mol. The van der Waals surface area contributed by atoms with Crippen molar-refractivity contribution in [2.24, 2.45) is 5.92 Å². The summed E-state index contributed by atoms with van der Waals surface area (Å²) in [4.78, 5) is 0. The van der Waals surface area contributed by atoms with Crippen LogP contribution in [0.15, 0.2) is 0 Å². The minimum absolute atomic E-state index is 0. The average molecular weight is 393 g/mol. The van der Waals surface area contributed by atoms with Crippen molar-refractivity contribution in [1.29, 1.82) is 0 Å². The Hall–Kier alpha value is 0.720. The summed E-state index contributed by atoms with van der Waals surface area (Å²) in [5.41, 5.74) is 0. The summed E-state index contributed by atoms with van der Waals surface area (Å²) in [6, 6.07) is 0. The van der Waals surface area contributed by atoms with E-state index in [0.29, 0.717) is 5.16 Å². The molecule has 0 nitrogen and oxygen atoms in total. The normalized spacial score (nSPS) is 12.8. The van der Waals surface area contributed by atoms with Gasteiger partial charge in [-0.1, -0.05) is 111 Å². The van der Waals surface area contributed by atoms with E-state index in [1.807, 2.05) is 0 Å². The lowest BCUT2D eigenvalue weighted by Crippen LogP contribution is -2.32. The molecule has 0 radical (unpaired) electrons. The molecule has 2 atom stereocenters. The molecule has 0 rings (SSSR count). The van der Waals surface area contributed by atoms with Crippen molar-refractivity contribution in [1.82, 2.24) is 0 Å². The first-order chi connectivity index (χ1) is 11.6. The number of hydrogen-bond acceptors (Lipinski definition) is 0. The number of rotatable bonds is 18. The van der Waals surface area contributed by atoms with Crippen LogP contribution in [0.5, 0.6) is 0 Å². The molecule has 0 aromatic carbocycles. The highest BCUT2D eigenvalue weighted by Crippen LogP contribution is 2.43. The summed E-state index contributed by atoms with van der Waals surface area (Å²) in [7, 11) is 3.37. The van der Waals surface area contributed by atoms with Crippen LogP contribution in [-0.2, 0) is 0 Å². The summed E-state index contributed by atoms with van der Waals surface area (Å²) in [6.45, 7) is 9.36. The predicted octanol–water partition coefficient (Wildman–Crippen LogP) is 9.35. The molecule has 0 aromatic rings. The monoisotopic (exact) mass is 392 g/mol. The number of unbranched alkanes of at least 4 members (excludes halogenated alkanes) is 9.